The number of hydrogen-bond acceptors (Lipinski definition) is 4. The molecule has 0 bridgehead atoms. The number of rotatable bonds is 3. The minimum Gasteiger partial charge on any atom is -0.398 e. The first-order chi connectivity index (χ1) is 7.28. The number of nitrogens with zero attached hydrogens (tertiary/aromatic N) is 1. The predicted molar refractivity (Wildman–Crippen MR) is 65.5 cm³/mol. The van der Waals surface area contributed by atoms with Crippen LogP contribution in [0.3, 0.4) is 0 Å². The van der Waals surface area contributed by atoms with E-state index in [1.165, 1.54) is 12.1 Å². The van der Waals surface area contributed by atoms with Crippen LogP contribution in [0.15, 0.2) is 18.2 Å². The molecule has 5 nitrogen and oxygen atoms in total. The number of nitro groups is 1. The standard InChI is InChI=1S/C11H17N3O2/c1-11(2,3)7-13-9-4-8(12)5-10(6-9)14(15)16/h4-6,13H,7,12H2,1-3H3. The smallest absolute Gasteiger partial charge is 0.273 e. The van der Waals surface area contributed by atoms with Crippen LogP contribution in [0.2, 0.25) is 0 Å². The summed E-state index contributed by atoms with van der Waals surface area (Å²) < 4.78 is 0. The molecule has 0 amide bonds. The number of non-ortho nitro benzene ring substituents is 1. The second-order valence-corrected chi connectivity index (χ2v) is 4.98. The Morgan fingerprint density at radius 1 is 1.38 bits per heavy atom. The van der Waals surface area contributed by atoms with Crippen LogP contribution in [0.25, 0.3) is 0 Å². The molecule has 0 aliphatic rings. The second kappa shape index (κ2) is 4.38. The number of nitrogens with two attached hydrogens (primary N) is 1. The molecule has 0 heterocycles. The van der Waals surface area contributed by atoms with E-state index >= 15 is 0 Å². The third-order valence-electron chi connectivity index (χ3n) is 1.97. The summed E-state index contributed by atoms with van der Waals surface area (Å²) in [4.78, 5) is 10.2. The monoisotopic (exact) mass is 223 g/mol. The van der Waals surface area contributed by atoms with Gasteiger partial charge in [-0.2, -0.15) is 0 Å². The Balaban J connectivity index is 2.85. The van der Waals surface area contributed by atoms with E-state index in [-0.39, 0.29) is 11.1 Å². The molecule has 1 aromatic carbocycles. The van der Waals surface area contributed by atoms with E-state index in [2.05, 4.69) is 26.1 Å². The number of anilines is 2. The van der Waals surface area contributed by atoms with Gasteiger partial charge in [-0.25, -0.2) is 0 Å². The lowest BCUT2D eigenvalue weighted by Gasteiger charge is -2.19. The molecule has 0 atom stereocenters. The molecular weight excluding hydrogens is 206 g/mol. The third kappa shape index (κ3) is 3.76. The molecule has 1 rings (SSSR count). The molecule has 3 N–H and O–H groups in total. The van der Waals surface area contributed by atoms with Gasteiger partial charge in [0, 0.05) is 30.1 Å². The molecule has 0 unspecified atom stereocenters. The summed E-state index contributed by atoms with van der Waals surface area (Å²) in [6, 6.07) is 4.53. The molecule has 0 saturated heterocycles. The van der Waals surface area contributed by atoms with Crippen molar-refractivity contribution in [2.24, 2.45) is 5.41 Å². The number of benzene rings is 1. The molecule has 0 aliphatic heterocycles. The zero-order valence-corrected chi connectivity index (χ0v) is 9.78. The lowest BCUT2D eigenvalue weighted by molar-refractivity contribution is -0.384. The van der Waals surface area contributed by atoms with Gasteiger partial charge in [0.2, 0.25) is 0 Å². The maximum atomic E-state index is 10.6. The predicted octanol–water partition coefficient (Wildman–Crippen LogP) is 2.63. The van der Waals surface area contributed by atoms with Crippen molar-refractivity contribution in [3.63, 3.8) is 0 Å². The molecule has 0 aliphatic carbocycles. The first-order valence-corrected chi connectivity index (χ1v) is 5.07. The van der Waals surface area contributed by atoms with Crippen LogP contribution in [-0.4, -0.2) is 11.5 Å². The Morgan fingerprint density at radius 3 is 2.50 bits per heavy atom. The lowest BCUT2D eigenvalue weighted by Crippen LogP contribution is -2.19. The highest BCUT2D eigenvalue weighted by Crippen LogP contribution is 2.23. The summed E-state index contributed by atoms with van der Waals surface area (Å²) >= 11 is 0. The highest BCUT2D eigenvalue weighted by atomic mass is 16.6. The van der Waals surface area contributed by atoms with Crippen LogP contribution < -0.4 is 11.1 Å². The summed E-state index contributed by atoms with van der Waals surface area (Å²) in [5.74, 6) is 0. The molecule has 88 valence electrons. The van der Waals surface area contributed by atoms with E-state index in [0.717, 1.165) is 6.54 Å². The quantitative estimate of drug-likeness (QED) is 0.469. The Kier molecular flexibility index (Phi) is 3.37. The van der Waals surface area contributed by atoms with Gasteiger partial charge in [-0.3, -0.25) is 10.1 Å². The van der Waals surface area contributed by atoms with Gasteiger partial charge in [0.05, 0.1) is 4.92 Å². The Morgan fingerprint density at radius 2 is 2.00 bits per heavy atom. The zero-order chi connectivity index (χ0) is 12.3. The van der Waals surface area contributed by atoms with Gasteiger partial charge in [0.15, 0.2) is 0 Å². The van der Waals surface area contributed by atoms with Crippen LogP contribution in [0.4, 0.5) is 17.1 Å². The van der Waals surface area contributed by atoms with Crippen molar-refractivity contribution in [1.82, 2.24) is 0 Å². The summed E-state index contributed by atoms with van der Waals surface area (Å²) in [6.45, 7) is 6.98. The average molecular weight is 223 g/mol. The minimum absolute atomic E-state index is 0.0106. The topological polar surface area (TPSA) is 81.2 Å². The molecule has 0 fully saturated rings. The van der Waals surface area contributed by atoms with Gasteiger partial charge >= 0.3 is 0 Å². The van der Waals surface area contributed by atoms with E-state index in [0.29, 0.717) is 11.4 Å². The van der Waals surface area contributed by atoms with Crippen molar-refractivity contribution in [1.29, 1.82) is 0 Å². The van der Waals surface area contributed by atoms with Gasteiger partial charge in [-0.05, 0) is 11.5 Å². The van der Waals surface area contributed by atoms with E-state index in [1.54, 1.807) is 6.07 Å². The average Bonchev–Trinajstić information content (AvgIpc) is 2.13. The number of nitrogen functional groups attached to an aromatic ring is 1. The maximum absolute atomic E-state index is 10.6. The molecule has 0 saturated carbocycles. The maximum Gasteiger partial charge on any atom is 0.273 e. The van der Waals surface area contributed by atoms with Gasteiger partial charge < -0.3 is 11.1 Å². The fourth-order valence-electron chi connectivity index (χ4n) is 1.21. The van der Waals surface area contributed by atoms with Crippen molar-refractivity contribution < 1.29 is 4.92 Å². The summed E-state index contributed by atoms with van der Waals surface area (Å²) in [5.41, 5.74) is 6.79. The summed E-state index contributed by atoms with van der Waals surface area (Å²) in [6.07, 6.45) is 0. The minimum atomic E-state index is -0.446. The third-order valence-corrected chi connectivity index (χ3v) is 1.97. The highest BCUT2D eigenvalue weighted by Gasteiger charge is 2.12. The fraction of sp³-hybridized carbons (Fsp3) is 0.455. The Hall–Kier alpha value is -1.78. The van der Waals surface area contributed by atoms with Gasteiger partial charge in [-0.15, -0.1) is 0 Å². The van der Waals surface area contributed by atoms with Gasteiger partial charge in [-0.1, -0.05) is 20.8 Å². The van der Waals surface area contributed by atoms with E-state index in [9.17, 15) is 10.1 Å². The molecule has 1 aromatic rings. The largest absolute Gasteiger partial charge is 0.398 e. The van der Waals surface area contributed by atoms with Crippen LogP contribution in [0, 0.1) is 15.5 Å². The van der Waals surface area contributed by atoms with Crippen LogP contribution in [-0.2, 0) is 0 Å². The number of hydrogen-bond donors (Lipinski definition) is 2. The van der Waals surface area contributed by atoms with Crippen molar-refractivity contribution in [2.75, 3.05) is 17.6 Å². The summed E-state index contributed by atoms with van der Waals surface area (Å²) in [5, 5.41) is 13.8. The fourth-order valence-corrected chi connectivity index (χ4v) is 1.21. The van der Waals surface area contributed by atoms with Crippen LogP contribution >= 0.6 is 0 Å². The second-order valence-electron chi connectivity index (χ2n) is 4.98. The Bertz CT molecular complexity index is 397. The highest BCUT2D eigenvalue weighted by molar-refractivity contribution is 5.61. The zero-order valence-electron chi connectivity index (χ0n) is 9.78. The summed E-state index contributed by atoms with van der Waals surface area (Å²) in [7, 11) is 0. The number of nitrogens with one attached hydrogen (secondary N) is 1. The van der Waals surface area contributed by atoms with Crippen LogP contribution in [0.1, 0.15) is 20.8 Å². The van der Waals surface area contributed by atoms with Crippen molar-refractivity contribution >= 4 is 17.1 Å². The first kappa shape index (κ1) is 12.3. The first-order valence-electron chi connectivity index (χ1n) is 5.07. The van der Waals surface area contributed by atoms with E-state index in [1.807, 2.05) is 0 Å². The normalized spacial score (nSPS) is 11.2. The molecule has 0 spiro atoms. The molecule has 16 heavy (non-hydrogen) atoms. The number of nitro benzene ring substituents is 1. The molecule has 0 aromatic heterocycles. The van der Waals surface area contributed by atoms with Crippen molar-refractivity contribution in [3.8, 4) is 0 Å². The van der Waals surface area contributed by atoms with Gasteiger partial charge in [0.1, 0.15) is 0 Å². The van der Waals surface area contributed by atoms with E-state index in [4.69, 9.17) is 5.73 Å². The van der Waals surface area contributed by atoms with Crippen molar-refractivity contribution in [2.45, 2.75) is 20.8 Å². The lowest BCUT2D eigenvalue weighted by atomic mass is 9.97. The van der Waals surface area contributed by atoms with Crippen molar-refractivity contribution in [3.05, 3.63) is 28.3 Å². The van der Waals surface area contributed by atoms with E-state index < -0.39 is 4.92 Å². The molecule has 5 heteroatoms. The van der Waals surface area contributed by atoms with Gasteiger partial charge in [0.25, 0.3) is 5.69 Å². The molecular formula is C11H17N3O2. The SMILES string of the molecule is CC(C)(C)CNc1cc(N)cc([N+](=O)[O-])c1. The van der Waals surface area contributed by atoms with Crippen LogP contribution in [0.5, 0.6) is 0 Å². The molecule has 0 radical (unpaired) electrons. The Labute approximate surface area is 94.8 Å².